The van der Waals surface area contributed by atoms with Gasteiger partial charge in [0.1, 0.15) is 5.82 Å². The molecular weight excluding hydrogens is 407 g/mol. The minimum Gasteiger partial charge on any atom is -0.483 e. The van der Waals surface area contributed by atoms with E-state index in [2.05, 4.69) is 54.1 Å². The van der Waals surface area contributed by atoms with E-state index in [4.69, 9.17) is 14.6 Å². The van der Waals surface area contributed by atoms with Gasteiger partial charge in [-0.05, 0) is 50.1 Å². The van der Waals surface area contributed by atoms with Crippen molar-refractivity contribution in [2.75, 3.05) is 7.11 Å². The van der Waals surface area contributed by atoms with Gasteiger partial charge in [0.15, 0.2) is 6.23 Å². The number of ether oxygens (including phenoxy) is 1. The molecular formula is C26H29FN2O3. The van der Waals surface area contributed by atoms with E-state index in [1.165, 1.54) is 17.0 Å². The first-order valence-electron chi connectivity index (χ1n) is 10.6. The van der Waals surface area contributed by atoms with Gasteiger partial charge < -0.3 is 19.7 Å². The largest absolute Gasteiger partial charge is 0.483 e. The second-order valence-electron chi connectivity index (χ2n) is 7.68. The van der Waals surface area contributed by atoms with E-state index < -0.39 is 0 Å². The summed E-state index contributed by atoms with van der Waals surface area (Å²) in [6.07, 6.45) is 4.97. The lowest BCUT2D eigenvalue weighted by Gasteiger charge is -2.25. The molecule has 0 bridgehead atoms. The van der Waals surface area contributed by atoms with Gasteiger partial charge in [0.05, 0.1) is 6.54 Å². The average molecular weight is 437 g/mol. The molecule has 168 valence electrons. The molecule has 5 nitrogen and oxygen atoms in total. The molecule has 0 aliphatic carbocycles. The Bertz CT molecular complexity index is 1180. The zero-order chi connectivity index (χ0) is 23.3. The standard InChI is InChI=1S/C25H27FN2O.CH2O2/c1-5-18-11-13-23-21(14-18)24(20-12-10-16(2)27-25(20)29-4)17(3)28(23)15-19-8-6-7-9-22(19)26;2-1-3/h6-14,25,27H,5,15H2,1-4H3;1H,(H,2,3). The number of methoxy groups -OCH3 is 1. The fraction of sp³-hybridized carbons (Fsp3) is 0.269. The molecule has 1 aliphatic heterocycles. The van der Waals surface area contributed by atoms with Gasteiger partial charge in [-0.2, -0.15) is 0 Å². The van der Waals surface area contributed by atoms with Crippen LogP contribution in [-0.4, -0.2) is 29.5 Å². The Morgan fingerprint density at radius 1 is 1.19 bits per heavy atom. The number of nitrogens with zero attached hydrogens (tertiary/aromatic N) is 1. The van der Waals surface area contributed by atoms with Crippen LogP contribution in [0.15, 0.2) is 60.3 Å². The summed E-state index contributed by atoms with van der Waals surface area (Å²) in [7, 11) is 1.72. The van der Waals surface area contributed by atoms with Crippen LogP contribution in [0.5, 0.6) is 0 Å². The fourth-order valence-electron chi connectivity index (χ4n) is 4.15. The summed E-state index contributed by atoms with van der Waals surface area (Å²) in [5.41, 5.74) is 7.53. The van der Waals surface area contributed by atoms with Gasteiger partial charge in [-0.1, -0.05) is 37.3 Å². The molecule has 0 saturated heterocycles. The van der Waals surface area contributed by atoms with Crippen LogP contribution in [-0.2, 0) is 22.5 Å². The van der Waals surface area contributed by atoms with Crippen molar-refractivity contribution >= 4 is 22.9 Å². The SMILES string of the molecule is CCc1ccc2c(c1)c(C1=CC=C(C)NC1OC)c(C)n2Cc1ccccc1F.O=CO. The third-order valence-corrected chi connectivity index (χ3v) is 5.76. The van der Waals surface area contributed by atoms with Gasteiger partial charge in [-0.15, -0.1) is 0 Å². The van der Waals surface area contributed by atoms with Crippen LogP contribution in [0.2, 0.25) is 0 Å². The van der Waals surface area contributed by atoms with Crippen molar-refractivity contribution in [2.24, 2.45) is 0 Å². The Morgan fingerprint density at radius 2 is 1.91 bits per heavy atom. The molecule has 1 aromatic heterocycles. The molecule has 6 heteroatoms. The smallest absolute Gasteiger partial charge is 0.290 e. The van der Waals surface area contributed by atoms with Crippen LogP contribution in [0.4, 0.5) is 4.39 Å². The molecule has 0 radical (unpaired) electrons. The summed E-state index contributed by atoms with van der Waals surface area (Å²) >= 11 is 0. The number of hydrogen-bond donors (Lipinski definition) is 2. The zero-order valence-electron chi connectivity index (χ0n) is 18.9. The highest BCUT2D eigenvalue weighted by molar-refractivity contribution is 5.96. The monoisotopic (exact) mass is 436 g/mol. The third kappa shape index (κ3) is 4.60. The summed E-state index contributed by atoms with van der Waals surface area (Å²) in [6, 6.07) is 13.6. The maximum Gasteiger partial charge on any atom is 0.290 e. The van der Waals surface area contributed by atoms with Crippen molar-refractivity contribution in [3.8, 4) is 0 Å². The first kappa shape index (κ1) is 23.3. The fourth-order valence-corrected chi connectivity index (χ4v) is 4.15. The number of allylic oxidation sites excluding steroid dienone is 3. The van der Waals surface area contributed by atoms with Crippen LogP contribution in [0.3, 0.4) is 0 Å². The minimum absolute atomic E-state index is 0.174. The number of halogens is 1. The predicted octanol–water partition coefficient (Wildman–Crippen LogP) is 5.26. The lowest BCUT2D eigenvalue weighted by atomic mass is 9.97. The summed E-state index contributed by atoms with van der Waals surface area (Å²) in [5.74, 6) is -0.174. The van der Waals surface area contributed by atoms with E-state index in [1.54, 1.807) is 13.2 Å². The quantitative estimate of drug-likeness (QED) is 0.536. The van der Waals surface area contributed by atoms with E-state index in [-0.39, 0.29) is 18.5 Å². The van der Waals surface area contributed by atoms with Crippen molar-refractivity contribution < 1.29 is 19.0 Å². The van der Waals surface area contributed by atoms with Crippen molar-refractivity contribution in [2.45, 2.75) is 40.0 Å². The lowest BCUT2D eigenvalue weighted by Crippen LogP contribution is -2.32. The van der Waals surface area contributed by atoms with Crippen molar-refractivity contribution in [3.63, 3.8) is 0 Å². The number of rotatable bonds is 5. The number of fused-ring (bicyclic) bond motifs is 1. The number of hydrogen-bond acceptors (Lipinski definition) is 3. The number of dihydropyridines is 1. The Balaban J connectivity index is 0.000000913. The lowest BCUT2D eigenvalue weighted by molar-refractivity contribution is -0.122. The maximum absolute atomic E-state index is 14.4. The molecule has 0 fully saturated rings. The van der Waals surface area contributed by atoms with E-state index >= 15 is 0 Å². The van der Waals surface area contributed by atoms with Crippen LogP contribution in [0.25, 0.3) is 16.5 Å². The molecule has 0 amide bonds. The van der Waals surface area contributed by atoms with Crippen LogP contribution >= 0.6 is 0 Å². The highest BCUT2D eigenvalue weighted by Gasteiger charge is 2.25. The molecule has 1 aliphatic rings. The molecule has 0 spiro atoms. The second-order valence-corrected chi connectivity index (χ2v) is 7.68. The molecule has 1 atom stereocenters. The highest BCUT2D eigenvalue weighted by atomic mass is 19.1. The number of aryl methyl sites for hydroxylation is 1. The van der Waals surface area contributed by atoms with E-state index in [1.807, 2.05) is 19.1 Å². The van der Waals surface area contributed by atoms with Gasteiger partial charge in [-0.3, -0.25) is 4.79 Å². The van der Waals surface area contributed by atoms with Gasteiger partial charge in [-0.25, -0.2) is 4.39 Å². The van der Waals surface area contributed by atoms with Crippen LogP contribution in [0, 0.1) is 12.7 Å². The Morgan fingerprint density at radius 3 is 2.56 bits per heavy atom. The van der Waals surface area contributed by atoms with Gasteiger partial charge in [0.2, 0.25) is 0 Å². The van der Waals surface area contributed by atoms with Gasteiger partial charge in [0, 0.05) is 46.1 Å². The maximum atomic E-state index is 14.4. The van der Waals surface area contributed by atoms with Crippen LogP contribution in [0.1, 0.15) is 36.2 Å². The Labute approximate surface area is 187 Å². The number of carboxylic acid groups (broad SMARTS) is 1. The minimum atomic E-state index is -0.250. The highest BCUT2D eigenvalue weighted by Crippen LogP contribution is 2.36. The molecule has 2 N–H and O–H groups in total. The van der Waals surface area contributed by atoms with Crippen molar-refractivity contribution in [3.05, 3.63) is 88.5 Å². The summed E-state index contributed by atoms with van der Waals surface area (Å²) in [4.78, 5) is 8.36. The van der Waals surface area contributed by atoms with E-state index in [0.717, 1.165) is 34.5 Å². The summed E-state index contributed by atoms with van der Waals surface area (Å²) < 4.78 is 22.3. The van der Waals surface area contributed by atoms with Crippen LogP contribution < -0.4 is 5.32 Å². The third-order valence-electron chi connectivity index (χ3n) is 5.76. The number of benzene rings is 2. The normalized spacial score (nSPS) is 15.3. The molecule has 0 saturated carbocycles. The second kappa shape index (κ2) is 10.3. The number of nitrogens with one attached hydrogen (secondary N) is 1. The first-order valence-corrected chi connectivity index (χ1v) is 10.6. The molecule has 2 heterocycles. The Hall–Kier alpha value is -3.38. The van der Waals surface area contributed by atoms with Gasteiger partial charge in [0.25, 0.3) is 6.47 Å². The van der Waals surface area contributed by atoms with Crippen molar-refractivity contribution in [1.29, 1.82) is 0 Å². The molecule has 3 aromatic rings. The van der Waals surface area contributed by atoms with Gasteiger partial charge >= 0.3 is 0 Å². The number of carbonyl (C=O) groups is 1. The molecule has 2 aromatic carbocycles. The summed E-state index contributed by atoms with van der Waals surface area (Å²) in [6.45, 7) is 6.55. The predicted molar refractivity (Wildman–Crippen MR) is 126 cm³/mol. The molecule has 4 rings (SSSR count). The average Bonchev–Trinajstić information content (AvgIpc) is 3.06. The number of aromatic nitrogens is 1. The first-order chi connectivity index (χ1) is 15.4. The van der Waals surface area contributed by atoms with E-state index in [9.17, 15) is 4.39 Å². The van der Waals surface area contributed by atoms with E-state index in [0.29, 0.717) is 12.1 Å². The van der Waals surface area contributed by atoms with Crippen molar-refractivity contribution in [1.82, 2.24) is 9.88 Å². The molecule has 1 unspecified atom stereocenters. The zero-order valence-corrected chi connectivity index (χ0v) is 18.9. The summed E-state index contributed by atoms with van der Waals surface area (Å²) in [5, 5.41) is 11.5. The molecule has 32 heavy (non-hydrogen) atoms. The Kier molecular flexibility index (Phi) is 7.49. The topological polar surface area (TPSA) is 63.5 Å².